The van der Waals surface area contributed by atoms with E-state index in [-0.39, 0.29) is 0 Å². The third kappa shape index (κ3) is 1.58. The maximum atomic E-state index is 5.44. The molecule has 0 aromatic carbocycles. The molecule has 0 aliphatic carbocycles. The molecule has 0 saturated carbocycles. The second-order valence-corrected chi connectivity index (χ2v) is 3.62. The van der Waals surface area contributed by atoms with Crippen LogP contribution in [-0.2, 0) is 6.54 Å². The number of fused-ring (bicyclic) bond motifs is 1. The minimum absolute atomic E-state index is 0.656. The van der Waals surface area contributed by atoms with E-state index >= 15 is 0 Å². The first-order chi connectivity index (χ1) is 8.40. The molecule has 0 saturated heterocycles. The summed E-state index contributed by atoms with van der Waals surface area (Å²) in [5.74, 6) is 0.738. The molecule has 3 aromatic heterocycles. The zero-order valence-electron chi connectivity index (χ0n) is 9.29. The van der Waals surface area contributed by atoms with Crippen molar-refractivity contribution in [2.45, 2.75) is 6.54 Å². The fourth-order valence-corrected chi connectivity index (χ4v) is 1.79. The summed E-state index contributed by atoms with van der Waals surface area (Å²) in [5.41, 5.74) is 2.67. The van der Waals surface area contributed by atoms with Gasteiger partial charge in [-0.1, -0.05) is 0 Å². The Morgan fingerprint density at radius 2 is 2.35 bits per heavy atom. The quantitative estimate of drug-likeness (QED) is 0.728. The Morgan fingerprint density at radius 3 is 3.24 bits per heavy atom. The van der Waals surface area contributed by atoms with E-state index in [0.717, 1.165) is 22.5 Å². The number of aromatic nitrogens is 4. The number of nitrogens with zero attached hydrogens (tertiary/aromatic N) is 4. The molecular weight excluding hydrogens is 218 g/mol. The van der Waals surface area contributed by atoms with Crippen molar-refractivity contribution < 1.29 is 4.42 Å². The molecular formula is C11H11N5O. The van der Waals surface area contributed by atoms with E-state index in [9.17, 15) is 0 Å². The molecule has 0 radical (unpaired) electrons. The van der Waals surface area contributed by atoms with Gasteiger partial charge >= 0.3 is 0 Å². The number of rotatable bonds is 3. The number of oxazole rings is 1. The van der Waals surface area contributed by atoms with Gasteiger partial charge in [-0.3, -0.25) is 4.98 Å². The first-order valence-corrected chi connectivity index (χ1v) is 5.25. The Balaban J connectivity index is 2.17. The average Bonchev–Trinajstić information content (AvgIpc) is 2.95. The Hall–Kier alpha value is -2.21. The van der Waals surface area contributed by atoms with Gasteiger partial charge in [-0.15, -0.1) is 0 Å². The number of hydrogen-bond donors (Lipinski definition) is 1. The maximum absolute atomic E-state index is 5.44. The van der Waals surface area contributed by atoms with E-state index in [1.165, 1.54) is 6.39 Å². The second-order valence-electron chi connectivity index (χ2n) is 3.62. The Morgan fingerprint density at radius 1 is 1.41 bits per heavy atom. The van der Waals surface area contributed by atoms with Crippen LogP contribution in [0.1, 0.15) is 5.69 Å². The first kappa shape index (κ1) is 9.98. The van der Waals surface area contributed by atoms with Crippen LogP contribution in [0.15, 0.2) is 35.6 Å². The summed E-state index contributed by atoms with van der Waals surface area (Å²) < 4.78 is 7.20. The molecule has 0 aliphatic rings. The lowest BCUT2D eigenvalue weighted by Crippen LogP contribution is -2.06. The van der Waals surface area contributed by atoms with E-state index < -0.39 is 0 Å². The van der Waals surface area contributed by atoms with E-state index in [2.05, 4.69) is 20.4 Å². The molecule has 0 unspecified atom stereocenters. The van der Waals surface area contributed by atoms with Gasteiger partial charge in [0.2, 0.25) is 0 Å². The largest absolute Gasteiger partial charge is 0.443 e. The zero-order chi connectivity index (χ0) is 11.7. The summed E-state index contributed by atoms with van der Waals surface area (Å²) in [6.45, 7) is 0.656. The third-order valence-corrected chi connectivity index (χ3v) is 2.55. The standard InChI is InChI=1S/C11H11N5O/c1-12-5-9-11(17-7-14-9)8-4-15-16-3-2-13-6-10(8)16/h2-4,6-7,12H,5H2,1H3. The van der Waals surface area contributed by atoms with Crippen molar-refractivity contribution in [3.8, 4) is 11.3 Å². The van der Waals surface area contributed by atoms with Crippen LogP contribution < -0.4 is 5.32 Å². The lowest BCUT2D eigenvalue weighted by Gasteiger charge is -1.98. The zero-order valence-corrected chi connectivity index (χ0v) is 9.29. The Kier molecular flexibility index (Phi) is 2.34. The lowest BCUT2D eigenvalue weighted by molar-refractivity contribution is 0.571. The highest BCUT2D eigenvalue weighted by molar-refractivity contribution is 5.77. The molecule has 0 amide bonds. The molecule has 6 heteroatoms. The summed E-state index contributed by atoms with van der Waals surface area (Å²) in [5, 5.41) is 7.30. The van der Waals surface area contributed by atoms with Gasteiger partial charge < -0.3 is 9.73 Å². The monoisotopic (exact) mass is 229 g/mol. The SMILES string of the molecule is CNCc1ncoc1-c1cnn2ccncc12. The van der Waals surface area contributed by atoms with Gasteiger partial charge in [0.05, 0.1) is 23.5 Å². The van der Waals surface area contributed by atoms with Crippen molar-refractivity contribution >= 4 is 5.52 Å². The summed E-state index contributed by atoms with van der Waals surface area (Å²) >= 11 is 0. The molecule has 0 spiro atoms. The molecule has 0 atom stereocenters. The predicted molar refractivity (Wildman–Crippen MR) is 61.2 cm³/mol. The number of nitrogens with one attached hydrogen (secondary N) is 1. The van der Waals surface area contributed by atoms with Gasteiger partial charge in [0.1, 0.15) is 5.69 Å². The molecule has 3 heterocycles. The van der Waals surface area contributed by atoms with E-state index in [4.69, 9.17) is 4.42 Å². The van der Waals surface area contributed by atoms with Crippen LogP contribution >= 0.6 is 0 Å². The van der Waals surface area contributed by atoms with Crippen molar-refractivity contribution in [2.75, 3.05) is 7.05 Å². The summed E-state index contributed by atoms with van der Waals surface area (Å²) in [4.78, 5) is 8.27. The third-order valence-electron chi connectivity index (χ3n) is 2.55. The van der Waals surface area contributed by atoms with Crippen molar-refractivity contribution in [1.29, 1.82) is 0 Å². The molecule has 3 rings (SSSR count). The Bertz CT molecular complexity index is 642. The summed E-state index contributed by atoms with van der Waals surface area (Å²) in [6.07, 6.45) is 8.46. The summed E-state index contributed by atoms with van der Waals surface area (Å²) in [7, 11) is 1.87. The van der Waals surface area contributed by atoms with Crippen molar-refractivity contribution in [2.24, 2.45) is 0 Å². The van der Waals surface area contributed by atoms with Crippen LogP contribution in [-0.4, -0.2) is 26.6 Å². The highest BCUT2D eigenvalue weighted by Crippen LogP contribution is 2.26. The van der Waals surface area contributed by atoms with E-state index in [1.807, 2.05) is 7.05 Å². The van der Waals surface area contributed by atoms with Crippen molar-refractivity contribution in [3.63, 3.8) is 0 Å². The fourth-order valence-electron chi connectivity index (χ4n) is 1.79. The van der Waals surface area contributed by atoms with Crippen LogP contribution in [0.5, 0.6) is 0 Å². The molecule has 3 aromatic rings. The smallest absolute Gasteiger partial charge is 0.181 e. The predicted octanol–water partition coefficient (Wildman–Crippen LogP) is 1.10. The van der Waals surface area contributed by atoms with Gasteiger partial charge in [-0.25, -0.2) is 9.50 Å². The minimum atomic E-state index is 0.656. The normalized spacial score (nSPS) is 11.1. The molecule has 86 valence electrons. The lowest BCUT2D eigenvalue weighted by atomic mass is 10.2. The fraction of sp³-hybridized carbons (Fsp3) is 0.182. The van der Waals surface area contributed by atoms with Crippen LogP contribution in [0.4, 0.5) is 0 Å². The van der Waals surface area contributed by atoms with E-state index in [0.29, 0.717) is 6.54 Å². The molecule has 1 N–H and O–H groups in total. The highest BCUT2D eigenvalue weighted by atomic mass is 16.3. The van der Waals surface area contributed by atoms with Crippen LogP contribution in [0.3, 0.4) is 0 Å². The molecule has 6 nitrogen and oxygen atoms in total. The first-order valence-electron chi connectivity index (χ1n) is 5.25. The van der Waals surface area contributed by atoms with Crippen molar-refractivity contribution in [1.82, 2.24) is 24.9 Å². The molecule has 0 aliphatic heterocycles. The topological polar surface area (TPSA) is 68.2 Å². The molecule has 17 heavy (non-hydrogen) atoms. The Labute approximate surface area is 97.3 Å². The van der Waals surface area contributed by atoms with Gasteiger partial charge in [0.25, 0.3) is 0 Å². The molecule has 0 bridgehead atoms. The number of hydrogen-bond acceptors (Lipinski definition) is 5. The van der Waals surface area contributed by atoms with E-state index in [1.54, 1.807) is 29.3 Å². The van der Waals surface area contributed by atoms with Gasteiger partial charge in [-0.2, -0.15) is 5.10 Å². The minimum Gasteiger partial charge on any atom is -0.443 e. The van der Waals surface area contributed by atoms with Crippen LogP contribution in [0.2, 0.25) is 0 Å². The second kappa shape index (κ2) is 3.99. The van der Waals surface area contributed by atoms with Crippen molar-refractivity contribution in [3.05, 3.63) is 36.9 Å². The van der Waals surface area contributed by atoms with Gasteiger partial charge in [0.15, 0.2) is 12.2 Å². The van der Waals surface area contributed by atoms with Gasteiger partial charge in [0, 0.05) is 18.9 Å². The molecule has 0 fully saturated rings. The van der Waals surface area contributed by atoms with Crippen LogP contribution in [0, 0.1) is 0 Å². The highest BCUT2D eigenvalue weighted by Gasteiger charge is 2.14. The van der Waals surface area contributed by atoms with Crippen LogP contribution in [0.25, 0.3) is 16.8 Å². The maximum Gasteiger partial charge on any atom is 0.181 e. The van der Waals surface area contributed by atoms with Gasteiger partial charge in [-0.05, 0) is 7.05 Å². The average molecular weight is 229 g/mol. The summed E-state index contributed by atoms with van der Waals surface area (Å²) in [6, 6.07) is 0.